The minimum absolute atomic E-state index is 0.00400. The number of carbonyl (C=O) groups excluding carboxylic acids is 4. The Bertz CT molecular complexity index is 4280. The number of amides is 4. The summed E-state index contributed by atoms with van der Waals surface area (Å²) in [6.07, 6.45) is 7.01. The van der Waals surface area contributed by atoms with E-state index in [1.54, 1.807) is 28.5 Å². The third-order valence-corrected chi connectivity index (χ3v) is 21.9. The summed E-state index contributed by atoms with van der Waals surface area (Å²) in [6, 6.07) is 27.3. The molecule has 6 heterocycles. The molecule has 0 saturated carbocycles. The van der Waals surface area contributed by atoms with Crippen LogP contribution < -0.4 is 35.2 Å². The number of sulfonamides is 1. The average Bonchev–Trinajstić information content (AvgIpc) is 1.24. The van der Waals surface area contributed by atoms with E-state index >= 15 is 0 Å². The molecule has 11 rings (SSSR count). The van der Waals surface area contributed by atoms with E-state index in [-0.39, 0.29) is 92.9 Å². The fraction of sp³-hybridized carbons (Fsp3) is 0.467. The van der Waals surface area contributed by atoms with Crippen LogP contribution in [0.3, 0.4) is 0 Å². The summed E-state index contributed by atoms with van der Waals surface area (Å²) in [5.74, 6) is -1.38. The second-order valence-electron chi connectivity index (χ2n) is 28.6. The number of allylic oxidation sites excluding steroid dienone is 1. The Kier molecular flexibility index (Phi) is 24.4. The molecule has 0 unspecified atom stereocenters. The van der Waals surface area contributed by atoms with Crippen LogP contribution in [-0.2, 0) is 45.2 Å². The predicted molar refractivity (Wildman–Crippen MR) is 397 cm³/mol. The van der Waals surface area contributed by atoms with Crippen molar-refractivity contribution in [3.05, 3.63) is 152 Å². The number of hydrogen-bond donors (Lipinski definition) is 5. The topological polar surface area (TPSA) is 285 Å². The lowest BCUT2D eigenvalue weighted by Crippen LogP contribution is -2.57. The maximum atomic E-state index is 14.8. The molecule has 0 spiro atoms. The Morgan fingerprint density at radius 3 is 2.32 bits per heavy atom. The van der Waals surface area contributed by atoms with Crippen molar-refractivity contribution in [3.8, 4) is 16.3 Å². The van der Waals surface area contributed by atoms with E-state index in [2.05, 4.69) is 66.4 Å². The number of piperazine rings is 1. The highest BCUT2D eigenvalue weighted by Gasteiger charge is 2.44. The Morgan fingerprint density at radius 2 is 1.61 bits per heavy atom. The number of likely N-dealkylation sites (tertiary alicyclic amines) is 1. The highest BCUT2D eigenvalue weighted by Crippen LogP contribution is 2.45. The molecule has 3 atom stereocenters. The zero-order valence-corrected chi connectivity index (χ0v) is 61.5. The number of thiazole rings is 1. The highest BCUT2D eigenvalue weighted by atomic mass is 35.5. The lowest BCUT2D eigenvalue weighted by Gasteiger charge is -2.38. The molecule has 4 amide bonds. The first-order valence-corrected chi connectivity index (χ1v) is 37.8. The summed E-state index contributed by atoms with van der Waals surface area (Å²) in [4.78, 5) is 88.8. The van der Waals surface area contributed by atoms with Crippen LogP contribution in [0.25, 0.3) is 27.0 Å². The van der Waals surface area contributed by atoms with E-state index in [9.17, 15) is 37.7 Å². The summed E-state index contributed by atoms with van der Waals surface area (Å²) in [6.45, 7) is 20.7. The molecule has 2 fully saturated rings. The van der Waals surface area contributed by atoms with Crippen molar-refractivity contribution in [2.45, 2.75) is 117 Å². The number of hydrogen-bond acceptors (Lipinski definition) is 19. The van der Waals surface area contributed by atoms with Crippen LogP contribution in [0.15, 0.2) is 119 Å². The third-order valence-electron chi connectivity index (χ3n) is 19.3. The predicted octanol–water partition coefficient (Wildman–Crippen LogP) is 11.7. The Balaban J connectivity index is 0.635. The molecule has 4 aromatic carbocycles. The van der Waals surface area contributed by atoms with Gasteiger partial charge in [-0.2, -0.15) is 4.98 Å². The fourth-order valence-corrected chi connectivity index (χ4v) is 15.6. The number of aromatic amines is 1. The van der Waals surface area contributed by atoms with Crippen LogP contribution in [0.1, 0.15) is 114 Å². The van der Waals surface area contributed by atoms with Crippen LogP contribution in [0, 0.1) is 33.8 Å². The van der Waals surface area contributed by atoms with E-state index in [0.29, 0.717) is 75.1 Å². The number of benzene rings is 4. The number of H-pyrrole nitrogens is 1. The SMILES string of the molecule is Cc1ncsc1-c1ccc(CNC(=O)[C@@H]2C[C@@H](C)CN2C(=O)[C@@H](NC(=O)CCOCCOCCOCCNc2ccc(S(=O)(=O)NC(=O)c3cc(N4CCN(CCC5=C(c6ccc(Cl)cc6)CC(C)(C)CC5)CC4)ccc3N3CCCOc4nc5[nH]ccc5cc43)cc2[N+](=O)[O-])C(C)(C)C)cc1. The maximum absolute atomic E-state index is 14.8. The molecule has 544 valence electrons. The number of nitrogens with zero attached hydrogens (tertiary/aromatic N) is 7. The number of nitrogens with one attached hydrogen (secondary N) is 5. The summed E-state index contributed by atoms with van der Waals surface area (Å²) in [5.41, 5.74) is 10.5. The van der Waals surface area contributed by atoms with Crippen LogP contribution in [0.5, 0.6) is 5.88 Å². The molecule has 3 aromatic heterocycles. The average molecular weight is 1450 g/mol. The van der Waals surface area contributed by atoms with Crippen molar-refractivity contribution >= 4 is 102 Å². The Labute approximate surface area is 605 Å². The molecule has 102 heavy (non-hydrogen) atoms. The van der Waals surface area contributed by atoms with Gasteiger partial charge in [-0.05, 0) is 139 Å². The van der Waals surface area contributed by atoms with Gasteiger partial charge in [0.25, 0.3) is 21.6 Å². The number of carbonyl (C=O) groups is 4. The van der Waals surface area contributed by atoms with Gasteiger partial charge in [-0.1, -0.05) is 95.1 Å². The second-order valence-corrected chi connectivity index (χ2v) is 31.5. The quantitative estimate of drug-likeness (QED) is 0.0165. The summed E-state index contributed by atoms with van der Waals surface area (Å²) < 4.78 is 54.0. The number of anilines is 4. The van der Waals surface area contributed by atoms with E-state index in [1.807, 2.05) is 106 Å². The fourth-order valence-electron chi connectivity index (χ4n) is 13.7. The molecular weight excluding hydrogens is 1360 g/mol. The molecule has 4 aliphatic rings. The molecule has 5 N–H and O–H groups in total. The van der Waals surface area contributed by atoms with Gasteiger partial charge < -0.3 is 54.6 Å². The lowest BCUT2D eigenvalue weighted by molar-refractivity contribution is -0.384. The third kappa shape index (κ3) is 18.8. The number of aryl methyl sites for hydroxylation is 1. The number of rotatable bonds is 29. The van der Waals surface area contributed by atoms with Crippen LogP contribution >= 0.6 is 22.9 Å². The van der Waals surface area contributed by atoms with Gasteiger partial charge in [-0.15, -0.1) is 11.3 Å². The van der Waals surface area contributed by atoms with Crippen molar-refractivity contribution < 1.29 is 51.5 Å². The van der Waals surface area contributed by atoms with Gasteiger partial charge in [-0.25, -0.2) is 18.1 Å². The smallest absolute Gasteiger partial charge is 0.293 e. The summed E-state index contributed by atoms with van der Waals surface area (Å²) >= 11 is 7.87. The molecule has 2 saturated heterocycles. The number of nitro groups is 1. The van der Waals surface area contributed by atoms with E-state index in [1.165, 1.54) is 28.8 Å². The molecule has 7 aromatic rings. The van der Waals surface area contributed by atoms with Crippen LogP contribution in [-0.4, -0.2) is 172 Å². The molecule has 1 aliphatic carbocycles. The van der Waals surface area contributed by atoms with Gasteiger partial charge in [0.05, 0.1) is 83.4 Å². The van der Waals surface area contributed by atoms with Crippen LogP contribution in [0.2, 0.25) is 5.02 Å². The number of fused-ring (bicyclic) bond motifs is 2. The van der Waals surface area contributed by atoms with Crippen molar-refractivity contribution in [3.63, 3.8) is 0 Å². The van der Waals surface area contributed by atoms with Gasteiger partial charge >= 0.3 is 0 Å². The van der Waals surface area contributed by atoms with Crippen LogP contribution in [0.4, 0.5) is 28.4 Å². The van der Waals surface area contributed by atoms with Gasteiger partial charge in [0, 0.05) is 93.7 Å². The normalized spacial score (nSPS) is 17.6. The first kappa shape index (κ1) is 74.7. The van der Waals surface area contributed by atoms with Crippen molar-refractivity contribution in [2.75, 3.05) is 114 Å². The zero-order valence-electron chi connectivity index (χ0n) is 59.1. The minimum Gasteiger partial charge on any atom is -0.476 e. The van der Waals surface area contributed by atoms with Crippen molar-refractivity contribution in [2.24, 2.45) is 16.7 Å². The Morgan fingerprint density at radius 1 is 0.882 bits per heavy atom. The zero-order chi connectivity index (χ0) is 72.3. The number of halogens is 1. The first-order chi connectivity index (χ1) is 48.9. The molecule has 27 heteroatoms. The summed E-state index contributed by atoms with van der Waals surface area (Å²) in [7, 11) is -4.70. The summed E-state index contributed by atoms with van der Waals surface area (Å²) in [5, 5.41) is 23.0. The maximum Gasteiger partial charge on any atom is 0.293 e. The molecule has 0 radical (unpaired) electrons. The van der Waals surface area contributed by atoms with E-state index in [4.69, 9.17) is 35.5 Å². The number of aromatic nitrogens is 3. The Hall–Kier alpha value is -8.50. The molecule has 24 nitrogen and oxygen atoms in total. The van der Waals surface area contributed by atoms with E-state index < -0.39 is 48.9 Å². The number of ether oxygens (including phenoxy) is 4. The van der Waals surface area contributed by atoms with E-state index in [0.717, 1.165) is 89.2 Å². The van der Waals surface area contributed by atoms with Gasteiger partial charge in [0.15, 0.2) is 0 Å². The standard InChI is InChI=1S/C75H93ClN12O12S2/c1-49-41-64(71(91)79-46-51-9-11-54(12-10-51)67-50(2)80-48-101-67)87(47-49)73(92)68(74(3,4)5)81-66(89)24-35-97-37-39-99-40-38-98-36-27-77-61-19-18-58(44-63(61)88(93)94)102(95,96)83-70(90)59-43-57(17-20-62(59)86-28-8-34-100-72-65(86)42-55-22-26-78-69(55)82-72)85-32-30-84(31-33-85)29-23-53-21-25-75(6,7)45-60(53)52-13-15-56(76)16-14-52/h9-20,22,26,42-44,48-49,64,68,77H,8,21,23-25,27-41,45-47H2,1-7H3,(H,78,82)(H,79,91)(H,81,89)(H,83,90)/t49-,64+,68-/m1/s1. The van der Waals surface area contributed by atoms with Gasteiger partial charge in [0.2, 0.25) is 23.6 Å². The lowest BCUT2D eigenvalue weighted by atomic mass is 9.72. The molecule has 0 bridgehead atoms. The van der Waals surface area contributed by atoms with Crippen molar-refractivity contribution in [1.29, 1.82) is 0 Å². The molecule has 3 aliphatic heterocycles. The number of pyridine rings is 1. The first-order valence-electron chi connectivity index (χ1n) is 35.0. The number of nitro benzene ring substituents is 1. The van der Waals surface area contributed by atoms with Crippen molar-refractivity contribution in [1.82, 2.24) is 40.1 Å². The molecular formula is C75H93ClN12O12S2. The highest BCUT2D eigenvalue weighted by molar-refractivity contribution is 7.90. The monoisotopic (exact) mass is 1450 g/mol. The van der Waals surface area contributed by atoms with Gasteiger partial charge in [-0.3, -0.25) is 34.2 Å². The van der Waals surface area contributed by atoms with Gasteiger partial charge in [0.1, 0.15) is 29.1 Å². The second kappa shape index (κ2) is 33.3. The largest absolute Gasteiger partial charge is 0.476 e. The minimum atomic E-state index is -4.70.